The molecule has 0 rings (SSSR count). The Morgan fingerprint density at radius 3 is 0.972 bits per heavy atom. The summed E-state index contributed by atoms with van der Waals surface area (Å²) in [6.45, 7) is 7.15. The fourth-order valence-corrected chi connectivity index (χ4v) is 10.2. The molecule has 0 heterocycles. The van der Waals surface area contributed by atoms with Crippen LogP contribution in [0, 0.1) is 11.8 Å². The van der Waals surface area contributed by atoms with Crippen LogP contribution in [0.4, 0.5) is 0 Å². The molecule has 4 atom stereocenters. The van der Waals surface area contributed by atoms with Gasteiger partial charge in [0, 0.05) is 25.9 Å². The molecule has 0 saturated heterocycles. The van der Waals surface area contributed by atoms with Crippen molar-refractivity contribution in [1.82, 2.24) is 0 Å². The van der Waals surface area contributed by atoms with Crippen LogP contribution in [0.1, 0.15) is 329 Å². The van der Waals surface area contributed by atoms with Crippen molar-refractivity contribution in [1.29, 1.82) is 0 Å². The van der Waals surface area contributed by atoms with Crippen LogP contribution in [0.2, 0.25) is 0 Å². The van der Waals surface area contributed by atoms with Crippen LogP contribution < -0.4 is 0 Å². The summed E-state index contributed by atoms with van der Waals surface area (Å²) in [7, 11) is 0. The van der Waals surface area contributed by atoms with Gasteiger partial charge in [-0.25, -0.2) is 0 Å². The van der Waals surface area contributed by atoms with Gasteiger partial charge >= 0.3 is 17.9 Å². The third-order valence-corrected chi connectivity index (χ3v) is 14.7. The zero-order valence-corrected chi connectivity index (χ0v) is 47.4. The maximum absolute atomic E-state index is 12.9. The molecule has 0 saturated carbocycles. The molecule has 0 aliphatic heterocycles. The van der Waals surface area contributed by atoms with Gasteiger partial charge in [0.2, 0.25) is 0 Å². The van der Waals surface area contributed by atoms with Crippen LogP contribution in [-0.2, 0) is 28.6 Å². The third-order valence-electron chi connectivity index (χ3n) is 14.7. The first-order valence-electron chi connectivity index (χ1n) is 31.1. The molecule has 0 amide bonds. The highest BCUT2D eigenvalue weighted by Gasteiger charge is 2.20. The number of esters is 3. The lowest BCUT2D eigenvalue weighted by Crippen LogP contribution is -2.30. The van der Waals surface area contributed by atoms with Gasteiger partial charge in [-0.05, 0) is 50.4 Å². The number of hydrogen-bond acceptors (Lipinski definition) is 9. The topological polar surface area (TPSA) is 140 Å². The normalized spacial score (nSPS) is 13.3. The van der Waals surface area contributed by atoms with Crippen molar-refractivity contribution in [3.05, 3.63) is 0 Å². The first kappa shape index (κ1) is 69.3. The van der Waals surface area contributed by atoms with Gasteiger partial charge < -0.3 is 29.5 Å². The summed E-state index contributed by atoms with van der Waals surface area (Å²) >= 11 is 0. The lowest BCUT2D eigenvalue weighted by molar-refractivity contribution is -0.167. The molecule has 0 aliphatic rings. The molecular formula is C62H120O9. The zero-order valence-electron chi connectivity index (χ0n) is 47.4. The number of aliphatic hydroxyl groups is 3. The quantitative estimate of drug-likeness (QED) is 0.0309. The Kier molecular flexibility index (Phi) is 54.7. The van der Waals surface area contributed by atoms with Gasteiger partial charge in [0.05, 0.1) is 12.7 Å². The van der Waals surface area contributed by atoms with Gasteiger partial charge in [0.15, 0.2) is 6.10 Å². The number of rotatable bonds is 58. The lowest BCUT2D eigenvalue weighted by atomic mass is 9.90. The van der Waals surface area contributed by atoms with Gasteiger partial charge in [-0.2, -0.15) is 0 Å². The maximum atomic E-state index is 12.9. The van der Waals surface area contributed by atoms with Crippen molar-refractivity contribution in [2.75, 3.05) is 26.4 Å². The van der Waals surface area contributed by atoms with Crippen LogP contribution in [-0.4, -0.2) is 71.9 Å². The Balaban J connectivity index is 4.33. The van der Waals surface area contributed by atoms with Gasteiger partial charge in [-0.1, -0.05) is 271 Å². The molecule has 0 aromatic heterocycles. The molecule has 0 bridgehead atoms. The Bertz CT molecular complexity index is 1120. The summed E-state index contributed by atoms with van der Waals surface area (Å²) in [6.07, 6.45) is 53.5. The molecule has 0 aromatic rings. The number of carbonyl (C=O) groups excluding carboxylic acids is 3. The monoisotopic (exact) mass is 1010 g/mol. The first-order valence-corrected chi connectivity index (χ1v) is 31.1. The van der Waals surface area contributed by atoms with E-state index in [1.165, 1.54) is 199 Å². The summed E-state index contributed by atoms with van der Waals surface area (Å²) in [5.74, 6) is 0.834. The van der Waals surface area contributed by atoms with E-state index in [0.717, 1.165) is 95.3 Å². The first-order chi connectivity index (χ1) is 34.7. The van der Waals surface area contributed by atoms with E-state index < -0.39 is 12.2 Å². The molecule has 71 heavy (non-hydrogen) atoms. The van der Waals surface area contributed by atoms with Crippen LogP contribution >= 0.6 is 0 Å². The summed E-state index contributed by atoms with van der Waals surface area (Å²) in [5.41, 5.74) is 0. The number of aliphatic hydroxyl groups excluding tert-OH is 3. The largest absolute Gasteiger partial charge is 0.462 e. The van der Waals surface area contributed by atoms with E-state index in [2.05, 4.69) is 20.8 Å². The third kappa shape index (κ3) is 54.4. The molecule has 422 valence electrons. The molecule has 0 aromatic carbocycles. The highest BCUT2D eigenvalue weighted by atomic mass is 16.6. The maximum Gasteiger partial charge on any atom is 0.306 e. The number of hydrogen-bond donors (Lipinski definition) is 3. The van der Waals surface area contributed by atoms with Crippen molar-refractivity contribution < 1.29 is 43.9 Å². The van der Waals surface area contributed by atoms with Crippen LogP contribution in [0.15, 0.2) is 0 Å². The second-order valence-corrected chi connectivity index (χ2v) is 22.2. The van der Waals surface area contributed by atoms with Crippen molar-refractivity contribution in [2.45, 2.75) is 341 Å². The van der Waals surface area contributed by atoms with Crippen molar-refractivity contribution in [3.8, 4) is 0 Å². The van der Waals surface area contributed by atoms with Crippen molar-refractivity contribution in [2.24, 2.45) is 11.8 Å². The fourth-order valence-electron chi connectivity index (χ4n) is 10.2. The molecule has 0 aliphatic carbocycles. The van der Waals surface area contributed by atoms with Crippen LogP contribution in [0.3, 0.4) is 0 Å². The minimum atomic E-state index is -0.791. The van der Waals surface area contributed by atoms with E-state index in [0.29, 0.717) is 32.3 Å². The fraction of sp³-hybridized carbons (Fsp3) is 0.952. The SMILES string of the molecule is CCCC(C)CC(C)CCCCCCCCCCCCCC(=O)OCC(COC(=O)CCCCCCCCCCCCCCCC(O)CO)OC(=O)CCCCCCCCCCCCCCCCCCO. The lowest BCUT2D eigenvalue weighted by Gasteiger charge is -2.18. The average Bonchev–Trinajstić information content (AvgIpc) is 3.35. The van der Waals surface area contributed by atoms with Crippen LogP contribution in [0.25, 0.3) is 0 Å². The summed E-state index contributed by atoms with van der Waals surface area (Å²) in [5, 5.41) is 27.2. The smallest absolute Gasteiger partial charge is 0.306 e. The van der Waals surface area contributed by atoms with E-state index in [9.17, 15) is 19.5 Å². The van der Waals surface area contributed by atoms with Gasteiger partial charge in [-0.15, -0.1) is 0 Å². The Hall–Kier alpha value is -1.71. The van der Waals surface area contributed by atoms with E-state index in [-0.39, 0.29) is 37.7 Å². The Morgan fingerprint density at radius 2 is 0.648 bits per heavy atom. The molecule has 0 fully saturated rings. The summed E-state index contributed by atoms with van der Waals surface area (Å²) in [4.78, 5) is 38.3. The molecule has 9 nitrogen and oxygen atoms in total. The molecule has 0 spiro atoms. The molecule has 9 heteroatoms. The minimum absolute atomic E-state index is 0.0864. The van der Waals surface area contributed by atoms with Crippen molar-refractivity contribution in [3.63, 3.8) is 0 Å². The van der Waals surface area contributed by atoms with Crippen LogP contribution in [0.5, 0.6) is 0 Å². The van der Waals surface area contributed by atoms with Crippen molar-refractivity contribution >= 4 is 17.9 Å². The predicted octanol–water partition coefficient (Wildman–Crippen LogP) is 17.3. The summed E-state index contributed by atoms with van der Waals surface area (Å²) < 4.78 is 16.9. The zero-order chi connectivity index (χ0) is 51.9. The average molecular weight is 1010 g/mol. The second kappa shape index (κ2) is 56.0. The van der Waals surface area contributed by atoms with E-state index in [4.69, 9.17) is 24.4 Å². The summed E-state index contributed by atoms with van der Waals surface area (Å²) in [6, 6.07) is 0. The molecule has 0 radical (unpaired) electrons. The Morgan fingerprint density at radius 1 is 0.366 bits per heavy atom. The van der Waals surface area contributed by atoms with Gasteiger partial charge in [0.1, 0.15) is 13.2 Å². The Labute approximate surface area is 439 Å². The highest BCUT2D eigenvalue weighted by molar-refractivity contribution is 5.71. The van der Waals surface area contributed by atoms with Gasteiger partial charge in [0.25, 0.3) is 0 Å². The number of ether oxygens (including phenoxy) is 3. The molecule has 4 unspecified atom stereocenters. The van der Waals surface area contributed by atoms with Gasteiger partial charge in [-0.3, -0.25) is 14.4 Å². The molecular weight excluding hydrogens is 889 g/mol. The predicted molar refractivity (Wildman–Crippen MR) is 298 cm³/mol. The van der Waals surface area contributed by atoms with E-state index in [1.54, 1.807) is 0 Å². The second-order valence-electron chi connectivity index (χ2n) is 22.2. The highest BCUT2D eigenvalue weighted by Crippen LogP contribution is 2.22. The standard InChI is InChI=1S/C62H120O9/c1-4-45-56(2)52-57(3)46-39-33-27-21-15-14-19-24-30-36-42-49-61(67)70-55-59(71-62(68)50-43-37-31-25-18-11-7-5-6-8-13-20-26-32-38-44-51-63)54-69-60(66)48-41-35-29-23-17-12-9-10-16-22-28-34-40-47-58(65)53-64/h56-59,63-65H,4-55H2,1-3H3. The minimum Gasteiger partial charge on any atom is -0.462 e. The van der Waals surface area contributed by atoms with E-state index >= 15 is 0 Å². The molecule has 3 N–H and O–H groups in total. The van der Waals surface area contributed by atoms with E-state index in [1.807, 2.05) is 0 Å². The number of unbranched alkanes of at least 4 members (excludes halogenated alkanes) is 37. The number of carbonyl (C=O) groups is 3.